The first-order valence-electron chi connectivity index (χ1n) is 10.1. The van der Waals surface area contributed by atoms with Gasteiger partial charge in [0.15, 0.2) is 6.61 Å². The predicted octanol–water partition coefficient (Wildman–Crippen LogP) is 3.00. The molecule has 0 spiro atoms. The van der Waals surface area contributed by atoms with Crippen molar-refractivity contribution in [1.82, 2.24) is 4.90 Å². The van der Waals surface area contributed by atoms with Gasteiger partial charge in [-0.1, -0.05) is 6.07 Å². The number of hydrogen-bond acceptors (Lipinski definition) is 4. The third-order valence-electron chi connectivity index (χ3n) is 4.99. The molecule has 3 amide bonds. The molecular weight excluding hydrogens is 382 g/mol. The second-order valence-corrected chi connectivity index (χ2v) is 7.29. The Labute approximate surface area is 176 Å². The molecule has 3 rings (SSSR count). The Morgan fingerprint density at radius 2 is 1.63 bits per heavy atom. The molecule has 0 fully saturated rings. The third kappa shape index (κ3) is 5.83. The molecule has 0 radical (unpaired) electrons. The fourth-order valence-electron chi connectivity index (χ4n) is 3.46. The van der Waals surface area contributed by atoms with Crippen LogP contribution in [0.2, 0.25) is 0 Å². The van der Waals surface area contributed by atoms with E-state index in [0.717, 1.165) is 19.3 Å². The molecule has 2 N–H and O–H groups in total. The van der Waals surface area contributed by atoms with Gasteiger partial charge in [0.25, 0.3) is 5.91 Å². The molecule has 1 aliphatic rings. The van der Waals surface area contributed by atoms with Crippen LogP contribution in [0.25, 0.3) is 0 Å². The van der Waals surface area contributed by atoms with Crippen molar-refractivity contribution in [3.8, 4) is 5.75 Å². The van der Waals surface area contributed by atoms with Crippen LogP contribution in [0.1, 0.15) is 31.4 Å². The summed E-state index contributed by atoms with van der Waals surface area (Å²) in [4.78, 5) is 37.3. The number of anilines is 2. The van der Waals surface area contributed by atoms with Crippen LogP contribution < -0.4 is 15.4 Å². The molecule has 7 heteroatoms. The SMILES string of the molecule is CCN(CC(=O)Nc1ccc(NC(C)=O)cc1)C(=O)COc1ccc2c(c1)CCC2. The smallest absolute Gasteiger partial charge is 0.260 e. The highest BCUT2D eigenvalue weighted by molar-refractivity contribution is 5.95. The highest BCUT2D eigenvalue weighted by Crippen LogP contribution is 2.26. The van der Waals surface area contributed by atoms with Crippen LogP contribution in [0.15, 0.2) is 42.5 Å². The van der Waals surface area contributed by atoms with Gasteiger partial charge in [-0.3, -0.25) is 14.4 Å². The molecule has 7 nitrogen and oxygen atoms in total. The summed E-state index contributed by atoms with van der Waals surface area (Å²) in [5, 5.41) is 5.42. The lowest BCUT2D eigenvalue weighted by molar-refractivity contribution is -0.136. The van der Waals surface area contributed by atoms with Gasteiger partial charge in [-0.15, -0.1) is 0 Å². The van der Waals surface area contributed by atoms with E-state index in [-0.39, 0.29) is 30.9 Å². The topological polar surface area (TPSA) is 87.7 Å². The molecule has 2 aromatic carbocycles. The summed E-state index contributed by atoms with van der Waals surface area (Å²) in [6, 6.07) is 12.7. The van der Waals surface area contributed by atoms with Gasteiger partial charge in [-0.25, -0.2) is 0 Å². The van der Waals surface area contributed by atoms with Crippen molar-refractivity contribution in [3.63, 3.8) is 0 Å². The Kier molecular flexibility index (Phi) is 7.06. The molecule has 0 bridgehead atoms. The number of hydrogen-bond donors (Lipinski definition) is 2. The Balaban J connectivity index is 1.49. The van der Waals surface area contributed by atoms with Crippen molar-refractivity contribution in [2.75, 3.05) is 30.3 Å². The number of aryl methyl sites for hydroxylation is 2. The van der Waals surface area contributed by atoms with E-state index in [1.54, 1.807) is 24.3 Å². The lowest BCUT2D eigenvalue weighted by Crippen LogP contribution is -2.40. The van der Waals surface area contributed by atoms with E-state index in [4.69, 9.17) is 4.74 Å². The summed E-state index contributed by atoms with van der Waals surface area (Å²) in [5.74, 6) is -0.0149. The van der Waals surface area contributed by atoms with Crippen molar-refractivity contribution < 1.29 is 19.1 Å². The number of fused-ring (bicyclic) bond motifs is 1. The predicted molar refractivity (Wildman–Crippen MR) is 116 cm³/mol. The van der Waals surface area contributed by atoms with Crippen molar-refractivity contribution in [2.45, 2.75) is 33.1 Å². The second kappa shape index (κ2) is 9.91. The van der Waals surface area contributed by atoms with Crippen molar-refractivity contribution >= 4 is 29.1 Å². The maximum atomic E-state index is 12.5. The minimum atomic E-state index is -0.296. The van der Waals surface area contributed by atoms with Crippen LogP contribution >= 0.6 is 0 Å². The summed E-state index contributed by atoms with van der Waals surface area (Å²) in [5.41, 5.74) is 3.88. The Hall–Kier alpha value is -3.35. The molecule has 1 aliphatic carbocycles. The van der Waals surface area contributed by atoms with Crippen LogP contribution in [0, 0.1) is 0 Å². The van der Waals surface area contributed by atoms with Gasteiger partial charge < -0.3 is 20.3 Å². The summed E-state index contributed by atoms with van der Waals surface area (Å²) >= 11 is 0. The summed E-state index contributed by atoms with van der Waals surface area (Å²) in [6.45, 7) is 3.49. The maximum absolute atomic E-state index is 12.5. The Morgan fingerprint density at radius 3 is 2.30 bits per heavy atom. The Morgan fingerprint density at radius 1 is 0.967 bits per heavy atom. The van der Waals surface area contributed by atoms with E-state index >= 15 is 0 Å². The van der Waals surface area contributed by atoms with Crippen molar-refractivity contribution in [3.05, 3.63) is 53.6 Å². The highest BCUT2D eigenvalue weighted by Gasteiger charge is 2.17. The van der Waals surface area contributed by atoms with Crippen LogP contribution in [0.5, 0.6) is 5.75 Å². The standard InChI is InChI=1S/C23H27N3O4/c1-3-26(14-22(28)25-20-10-8-19(9-11-20)24-16(2)27)23(29)15-30-21-12-7-17-5-4-6-18(17)13-21/h7-13H,3-6,14-15H2,1-2H3,(H,24,27)(H,25,28). The fraction of sp³-hybridized carbons (Fsp3) is 0.348. The van der Waals surface area contributed by atoms with Gasteiger partial charge in [0.2, 0.25) is 11.8 Å². The largest absolute Gasteiger partial charge is 0.484 e. The monoisotopic (exact) mass is 409 g/mol. The van der Waals surface area contributed by atoms with Crippen LogP contribution in [-0.4, -0.2) is 42.3 Å². The van der Waals surface area contributed by atoms with E-state index in [1.807, 2.05) is 19.1 Å². The minimum Gasteiger partial charge on any atom is -0.484 e. The zero-order valence-electron chi connectivity index (χ0n) is 17.4. The average molecular weight is 409 g/mol. The fourth-order valence-corrected chi connectivity index (χ4v) is 3.46. The molecule has 0 aromatic heterocycles. The number of amides is 3. The first-order chi connectivity index (χ1) is 14.4. The molecular formula is C23H27N3O4. The van der Waals surface area contributed by atoms with Gasteiger partial charge in [-0.05, 0) is 73.7 Å². The number of nitrogens with zero attached hydrogens (tertiary/aromatic N) is 1. The first-order valence-corrected chi connectivity index (χ1v) is 10.1. The van der Waals surface area contributed by atoms with Crippen LogP contribution in [0.4, 0.5) is 11.4 Å². The van der Waals surface area contributed by atoms with Gasteiger partial charge in [-0.2, -0.15) is 0 Å². The number of rotatable bonds is 8. The van der Waals surface area contributed by atoms with Crippen molar-refractivity contribution in [1.29, 1.82) is 0 Å². The van der Waals surface area contributed by atoms with E-state index in [9.17, 15) is 14.4 Å². The molecule has 0 atom stereocenters. The average Bonchev–Trinajstić information content (AvgIpc) is 3.19. The number of nitrogens with one attached hydrogen (secondary N) is 2. The van der Waals surface area contributed by atoms with Gasteiger partial charge in [0.05, 0.1) is 6.54 Å². The molecule has 30 heavy (non-hydrogen) atoms. The van der Waals surface area contributed by atoms with Crippen molar-refractivity contribution in [2.24, 2.45) is 0 Å². The maximum Gasteiger partial charge on any atom is 0.260 e. The normalized spacial score (nSPS) is 12.1. The second-order valence-electron chi connectivity index (χ2n) is 7.29. The van der Waals surface area contributed by atoms with Gasteiger partial charge >= 0.3 is 0 Å². The number of benzene rings is 2. The molecule has 0 heterocycles. The zero-order chi connectivity index (χ0) is 21.5. The number of ether oxygens (including phenoxy) is 1. The summed E-state index contributed by atoms with van der Waals surface area (Å²) < 4.78 is 5.66. The third-order valence-corrected chi connectivity index (χ3v) is 4.99. The van der Waals surface area contributed by atoms with Gasteiger partial charge in [0.1, 0.15) is 5.75 Å². The Bertz CT molecular complexity index is 925. The summed E-state index contributed by atoms with van der Waals surface area (Å²) in [7, 11) is 0. The lowest BCUT2D eigenvalue weighted by atomic mass is 10.1. The molecule has 158 valence electrons. The van der Waals surface area contributed by atoms with E-state index in [2.05, 4.69) is 16.7 Å². The molecule has 0 saturated heterocycles. The molecule has 0 aliphatic heterocycles. The highest BCUT2D eigenvalue weighted by atomic mass is 16.5. The first kappa shape index (κ1) is 21.4. The van der Waals surface area contributed by atoms with Crippen LogP contribution in [0.3, 0.4) is 0 Å². The van der Waals surface area contributed by atoms with E-state index in [0.29, 0.717) is 23.7 Å². The molecule has 2 aromatic rings. The quantitative estimate of drug-likeness (QED) is 0.702. The number of likely N-dealkylation sites (N-methyl/N-ethyl adjacent to an activating group) is 1. The zero-order valence-corrected chi connectivity index (χ0v) is 17.4. The number of carbonyl (C=O) groups is 3. The minimum absolute atomic E-state index is 0.0592. The number of carbonyl (C=O) groups excluding carboxylic acids is 3. The van der Waals surface area contributed by atoms with E-state index < -0.39 is 0 Å². The van der Waals surface area contributed by atoms with Gasteiger partial charge in [0, 0.05) is 24.8 Å². The van der Waals surface area contributed by atoms with E-state index in [1.165, 1.54) is 23.0 Å². The molecule has 0 saturated carbocycles. The molecule has 0 unspecified atom stereocenters. The van der Waals surface area contributed by atoms with Crippen LogP contribution in [-0.2, 0) is 27.2 Å². The summed E-state index contributed by atoms with van der Waals surface area (Å²) in [6.07, 6.45) is 3.31. The lowest BCUT2D eigenvalue weighted by Gasteiger charge is -2.20.